The number of aromatic nitrogens is 6. The second kappa shape index (κ2) is 7.99. The van der Waals surface area contributed by atoms with Crippen LogP contribution in [0, 0.1) is 0 Å². The van der Waals surface area contributed by atoms with Crippen molar-refractivity contribution in [3.63, 3.8) is 0 Å². The van der Waals surface area contributed by atoms with Crippen molar-refractivity contribution >= 4 is 35.6 Å². The highest BCUT2D eigenvalue weighted by atomic mass is 16.2. The van der Waals surface area contributed by atoms with E-state index < -0.39 is 11.9 Å². The Hall–Kier alpha value is -4.74. The van der Waals surface area contributed by atoms with Gasteiger partial charge in [0.05, 0.1) is 11.9 Å². The molecule has 3 aromatic heterocycles. The largest absolute Gasteiger partial charge is 0.351 e. The summed E-state index contributed by atoms with van der Waals surface area (Å²) in [5.74, 6) is 0.482. The van der Waals surface area contributed by atoms with E-state index in [-0.39, 0.29) is 5.70 Å². The van der Waals surface area contributed by atoms with Gasteiger partial charge in [-0.1, -0.05) is 12.1 Å². The smallest absolute Gasteiger partial charge is 0.326 e. The molecule has 12 heteroatoms. The van der Waals surface area contributed by atoms with Crippen LogP contribution in [0.4, 0.5) is 16.7 Å². The maximum atomic E-state index is 12.0. The number of rotatable bonds is 7. The van der Waals surface area contributed by atoms with Crippen molar-refractivity contribution in [3.05, 3.63) is 65.7 Å². The average Bonchev–Trinajstić information content (AvgIpc) is 3.20. The van der Waals surface area contributed by atoms with E-state index in [1.165, 1.54) is 0 Å². The van der Waals surface area contributed by atoms with Crippen LogP contribution in [0.3, 0.4) is 0 Å². The molecule has 0 spiro atoms. The molecule has 0 bridgehead atoms. The predicted octanol–water partition coefficient (Wildman–Crippen LogP) is 1.68. The van der Waals surface area contributed by atoms with E-state index in [9.17, 15) is 9.59 Å². The Morgan fingerprint density at radius 2 is 2.03 bits per heavy atom. The summed E-state index contributed by atoms with van der Waals surface area (Å²) in [5.41, 5.74) is 3.22. The molecule has 6 rings (SSSR count). The first-order valence-electron chi connectivity index (χ1n) is 10.8. The normalized spacial score (nSPS) is 16.6. The van der Waals surface area contributed by atoms with Crippen LogP contribution in [0.15, 0.2) is 54.6 Å². The molecule has 34 heavy (non-hydrogen) atoms. The van der Waals surface area contributed by atoms with Crippen LogP contribution < -0.4 is 21.3 Å². The summed E-state index contributed by atoms with van der Waals surface area (Å²) in [6.45, 7) is 0.497. The van der Waals surface area contributed by atoms with Crippen molar-refractivity contribution in [2.45, 2.75) is 25.4 Å². The Labute approximate surface area is 193 Å². The second-order valence-corrected chi connectivity index (χ2v) is 8.07. The molecule has 4 aromatic rings. The van der Waals surface area contributed by atoms with Crippen molar-refractivity contribution in [1.82, 2.24) is 40.0 Å². The molecule has 2 aliphatic rings. The summed E-state index contributed by atoms with van der Waals surface area (Å²) in [5, 5.41) is 20.0. The van der Waals surface area contributed by atoms with Crippen molar-refractivity contribution < 1.29 is 9.59 Å². The van der Waals surface area contributed by atoms with Gasteiger partial charge in [-0.3, -0.25) is 10.1 Å². The van der Waals surface area contributed by atoms with Gasteiger partial charge in [-0.2, -0.15) is 24.7 Å². The number of anilines is 2. The van der Waals surface area contributed by atoms with Crippen LogP contribution in [-0.4, -0.2) is 47.3 Å². The van der Waals surface area contributed by atoms with Crippen LogP contribution >= 0.6 is 0 Å². The molecule has 4 heterocycles. The van der Waals surface area contributed by atoms with Gasteiger partial charge in [0.1, 0.15) is 5.70 Å². The van der Waals surface area contributed by atoms with Crippen molar-refractivity contribution in [3.8, 4) is 5.69 Å². The molecule has 1 saturated carbocycles. The number of benzene rings is 1. The zero-order valence-electron chi connectivity index (χ0n) is 17.9. The first-order valence-corrected chi connectivity index (χ1v) is 10.8. The van der Waals surface area contributed by atoms with E-state index in [1.807, 2.05) is 36.5 Å². The maximum Gasteiger partial charge on any atom is 0.326 e. The standard InChI is InChI=1S/C22H20N10O2/c33-19-17(27-22(34)29-19)10-14-12-25-32-18(14)28-20(30-21(32)26-15-5-6-15)23-11-13-3-1-4-16(9-13)31-8-2-7-24-31/h1-4,7-10,12,15H,5-6,11H2,(H2,23,26,28,30)(H2,27,29,33,34)/b17-10-. The average molecular weight is 456 g/mol. The molecular formula is C22H20N10O2. The van der Waals surface area contributed by atoms with E-state index in [0.717, 1.165) is 24.1 Å². The third-order valence-electron chi connectivity index (χ3n) is 5.46. The van der Waals surface area contributed by atoms with Crippen LogP contribution in [0.1, 0.15) is 24.0 Å². The summed E-state index contributed by atoms with van der Waals surface area (Å²) in [6, 6.07) is 9.68. The number of hydrogen-bond acceptors (Lipinski definition) is 8. The quantitative estimate of drug-likeness (QED) is 0.243. The van der Waals surface area contributed by atoms with Gasteiger partial charge >= 0.3 is 6.03 Å². The number of nitrogens with one attached hydrogen (secondary N) is 4. The lowest BCUT2D eigenvalue weighted by atomic mass is 10.2. The van der Waals surface area contributed by atoms with Gasteiger partial charge in [0.25, 0.3) is 5.91 Å². The van der Waals surface area contributed by atoms with Crippen LogP contribution in [0.5, 0.6) is 0 Å². The summed E-state index contributed by atoms with van der Waals surface area (Å²) < 4.78 is 3.40. The third kappa shape index (κ3) is 3.92. The maximum absolute atomic E-state index is 12.0. The Morgan fingerprint density at radius 3 is 2.79 bits per heavy atom. The van der Waals surface area contributed by atoms with E-state index in [2.05, 4.69) is 41.4 Å². The number of amides is 3. The molecule has 0 radical (unpaired) electrons. The molecule has 1 saturated heterocycles. The molecule has 0 atom stereocenters. The fourth-order valence-corrected chi connectivity index (χ4v) is 3.63. The van der Waals surface area contributed by atoms with Gasteiger partial charge in [0.2, 0.25) is 11.9 Å². The zero-order chi connectivity index (χ0) is 23.1. The molecule has 1 aromatic carbocycles. The van der Waals surface area contributed by atoms with E-state index in [0.29, 0.717) is 35.7 Å². The highest BCUT2D eigenvalue weighted by Gasteiger charge is 2.26. The summed E-state index contributed by atoms with van der Waals surface area (Å²) >= 11 is 0. The number of urea groups is 1. The summed E-state index contributed by atoms with van der Waals surface area (Å²) in [7, 11) is 0. The second-order valence-electron chi connectivity index (χ2n) is 8.07. The van der Waals surface area contributed by atoms with Crippen LogP contribution in [0.2, 0.25) is 0 Å². The molecule has 1 aliphatic carbocycles. The highest BCUT2D eigenvalue weighted by Crippen LogP contribution is 2.26. The highest BCUT2D eigenvalue weighted by molar-refractivity contribution is 6.14. The Morgan fingerprint density at radius 1 is 1.12 bits per heavy atom. The van der Waals surface area contributed by atoms with Crippen LogP contribution in [-0.2, 0) is 11.3 Å². The number of fused-ring (bicyclic) bond motifs is 1. The van der Waals surface area contributed by atoms with E-state index in [4.69, 9.17) is 0 Å². The first kappa shape index (κ1) is 19.9. The molecule has 3 amide bonds. The molecule has 1 aliphatic heterocycles. The minimum Gasteiger partial charge on any atom is -0.351 e. The number of nitrogens with zero attached hydrogens (tertiary/aromatic N) is 6. The molecular weight excluding hydrogens is 436 g/mol. The molecule has 4 N–H and O–H groups in total. The number of carbonyl (C=O) groups is 2. The number of carbonyl (C=O) groups excluding carboxylic acids is 2. The Kier molecular flexibility index (Phi) is 4.68. The van der Waals surface area contributed by atoms with Crippen molar-refractivity contribution in [1.29, 1.82) is 0 Å². The fraction of sp³-hybridized carbons (Fsp3) is 0.182. The van der Waals surface area contributed by atoms with Gasteiger partial charge in [-0.25, -0.2) is 9.48 Å². The number of hydrogen-bond donors (Lipinski definition) is 4. The fourth-order valence-electron chi connectivity index (χ4n) is 3.63. The van der Waals surface area contributed by atoms with E-state index in [1.54, 1.807) is 27.7 Å². The predicted molar refractivity (Wildman–Crippen MR) is 123 cm³/mol. The molecule has 170 valence electrons. The van der Waals surface area contributed by atoms with Gasteiger partial charge in [-0.15, -0.1) is 0 Å². The lowest BCUT2D eigenvalue weighted by Crippen LogP contribution is -2.22. The minimum absolute atomic E-state index is 0.139. The number of imide groups is 1. The van der Waals surface area contributed by atoms with Gasteiger partial charge in [-0.05, 0) is 42.7 Å². The summed E-state index contributed by atoms with van der Waals surface area (Å²) in [6.07, 6.45) is 8.90. The molecule has 0 unspecified atom stereocenters. The van der Waals surface area contributed by atoms with Crippen molar-refractivity contribution in [2.24, 2.45) is 0 Å². The lowest BCUT2D eigenvalue weighted by Gasteiger charge is -2.11. The van der Waals surface area contributed by atoms with Crippen LogP contribution in [0.25, 0.3) is 17.4 Å². The van der Waals surface area contributed by atoms with Gasteiger partial charge in [0, 0.05) is 30.5 Å². The minimum atomic E-state index is -0.557. The molecule has 12 nitrogen and oxygen atoms in total. The van der Waals surface area contributed by atoms with Gasteiger partial charge < -0.3 is 16.0 Å². The lowest BCUT2D eigenvalue weighted by molar-refractivity contribution is -0.115. The summed E-state index contributed by atoms with van der Waals surface area (Å²) in [4.78, 5) is 32.7. The monoisotopic (exact) mass is 456 g/mol. The Bertz CT molecular complexity index is 1440. The SMILES string of the molecule is O=C1NC(=O)/C(=C/c2cnn3c(NC4CC4)nc(NCc4cccc(-n5cccn5)c4)nc23)N1. The zero-order valence-corrected chi connectivity index (χ0v) is 17.9. The van der Waals surface area contributed by atoms with Gasteiger partial charge in [0.15, 0.2) is 5.65 Å². The Balaban J connectivity index is 1.31. The van der Waals surface area contributed by atoms with Crippen molar-refractivity contribution in [2.75, 3.05) is 10.6 Å². The molecule has 2 fully saturated rings. The topological polar surface area (TPSA) is 143 Å². The first-order chi connectivity index (χ1) is 16.6. The van der Waals surface area contributed by atoms with E-state index >= 15 is 0 Å². The third-order valence-corrected chi connectivity index (χ3v) is 5.46.